The molecule has 0 spiro atoms. The zero-order valence-corrected chi connectivity index (χ0v) is 22.6. The largest absolute Gasteiger partial charge is 0.374 e. The number of aryl methyl sites for hydroxylation is 1. The number of rotatable bonds is 9. The molecule has 0 aliphatic carbocycles. The van der Waals surface area contributed by atoms with E-state index in [1.807, 2.05) is 30.5 Å². The third-order valence-electron chi connectivity index (χ3n) is 5.78. The number of nitrogens with one attached hydrogen (secondary N) is 2. The van der Waals surface area contributed by atoms with E-state index in [0.29, 0.717) is 16.4 Å². The summed E-state index contributed by atoms with van der Waals surface area (Å²) >= 11 is 1.29. The van der Waals surface area contributed by atoms with Crippen molar-refractivity contribution >= 4 is 28.3 Å². The third-order valence-corrected chi connectivity index (χ3v) is 6.54. The zero-order chi connectivity index (χ0) is 26.8. The number of pyridine rings is 1. The molecule has 0 saturated carbocycles. The Labute approximate surface area is 221 Å². The number of amides is 2. The van der Waals surface area contributed by atoms with Gasteiger partial charge in [0.05, 0.1) is 37.1 Å². The van der Waals surface area contributed by atoms with Crippen molar-refractivity contribution in [2.24, 2.45) is 5.92 Å². The highest BCUT2D eigenvalue weighted by atomic mass is 32.1. The Morgan fingerprint density at radius 1 is 1.24 bits per heavy atom. The van der Waals surface area contributed by atoms with Gasteiger partial charge in [-0.25, -0.2) is 4.98 Å². The summed E-state index contributed by atoms with van der Waals surface area (Å²) in [7, 11) is 0. The Balaban J connectivity index is 0.000000479. The molecular weight excluding hydrogens is 488 g/mol. The second-order valence-electron chi connectivity index (χ2n) is 9.41. The van der Waals surface area contributed by atoms with Crippen molar-refractivity contribution < 1.29 is 14.3 Å². The minimum absolute atomic E-state index is 0.200. The number of carbonyl (C=O) groups is 2. The second kappa shape index (κ2) is 13.1. The molecule has 3 aromatic heterocycles. The third kappa shape index (κ3) is 7.71. The Hall–Kier alpha value is -3.55. The number of hydrogen-bond acceptors (Lipinski definition) is 7. The Morgan fingerprint density at radius 2 is 2.03 bits per heavy atom. The number of aromatic nitrogens is 3. The smallest absolute Gasteiger partial charge is 0.253 e. The van der Waals surface area contributed by atoms with Gasteiger partial charge in [-0.1, -0.05) is 46.1 Å². The van der Waals surface area contributed by atoms with E-state index in [1.165, 1.54) is 30.6 Å². The number of anilines is 1. The molecule has 0 unspecified atom stereocenters. The van der Waals surface area contributed by atoms with Gasteiger partial charge >= 0.3 is 0 Å². The van der Waals surface area contributed by atoms with Gasteiger partial charge in [0.2, 0.25) is 5.91 Å². The summed E-state index contributed by atoms with van der Waals surface area (Å²) in [6.07, 6.45) is 7.39. The van der Waals surface area contributed by atoms with E-state index in [-0.39, 0.29) is 25.7 Å². The van der Waals surface area contributed by atoms with Crippen molar-refractivity contribution in [2.45, 2.75) is 52.5 Å². The first kappa shape index (κ1) is 28.0. The van der Waals surface area contributed by atoms with Crippen LogP contribution in [0.15, 0.2) is 42.0 Å². The maximum atomic E-state index is 12.3. The summed E-state index contributed by atoms with van der Waals surface area (Å²) in [6.45, 7) is 9.06. The molecule has 9 nitrogen and oxygen atoms in total. The summed E-state index contributed by atoms with van der Waals surface area (Å²) in [5.74, 6) is 0.114. The molecule has 4 heterocycles. The van der Waals surface area contributed by atoms with Gasteiger partial charge in [-0.05, 0) is 31.0 Å². The standard InChI is InChI=1S/C20H18N6O3S.C7H16/c1-13-3-2-4-15(23-13)16-9-30-19(24-16)25-17(27)7-22-18(28)14-5-6-26(8-14)20(10-21)11-29-12-20;1-4-5-6-7(2)3/h2-6,8-9H,7,11-12H2,1H3,(H,22,28)(H,24,25,27);7H,4-6H2,1-3H3. The Bertz CT molecular complexity index is 1240. The monoisotopic (exact) mass is 522 g/mol. The van der Waals surface area contributed by atoms with Crippen LogP contribution in [0, 0.1) is 24.2 Å². The van der Waals surface area contributed by atoms with Crippen LogP contribution in [0.5, 0.6) is 0 Å². The van der Waals surface area contributed by atoms with E-state index in [9.17, 15) is 14.9 Å². The van der Waals surface area contributed by atoms with E-state index < -0.39 is 11.4 Å². The fourth-order valence-corrected chi connectivity index (χ4v) is 4.26. The van der Waals surface area contributed by atoms with Gasteiger partial charge < -0.3 is 19.9 Å². The molecular formula is C27H34N6O3S. The van der Waals surface area contributed by atoms with Crippen LogP contribution in [0.4, 0.5) is 5.13 Å². The quantitative estimate of drug-likeness (QED) is 0.418. The highest BCUT2D eigenvalue weighted by Gasteiger charge is 2.40. The SMILES string of the molecule is CCCCC(C)C.Cc1cccc(-c2csc(NC(=O)CNC(=O)c3ccn(C4(C#N)COC4)c3)n2)n1. The van der Waals surface area contributed by atoms with Crippen molar-refractivity contribution in [3.05, 3.63) is 53.3 Å². The topological polar surface area (TPSA) is 122 Å². The van der Waals surface area contributed by atoms with Gasteiger partial charge in [-0.3, -0.25) is 14.6 Å². The van der Waals surface area contributed by atoms with Crippen molar-refractivity contribution in [2.75, 3.05) is 25.1 Å². The fourth-order valence-electron chi connectivity index (χ4n) is 3.54. The number of thiazole rings is 1. The van der Waals surface area contributed by atoms with Crippen LogP contribution < -0.4 is 10.6 Å². The molecule has 0 aromatic carbocycles. The molecule has 4 rings (SSSR count). The van der Waals surface area contributed by atoms with Gasteiger partial charge in [-0.2, -0.15) is 5.26 Å². The average Bonchev–Trinajstić information content (AvgIpc) is 3.52. The van der Waals surface area contributed by atoms with Crippen LogP contribution in [0.3, 0.4) is 0 Å². The van der Waals surface area contributed by atoms with Crippen LogP contribution in [-0.4, -0.2) is 46.1 Å². The molecule has 2 N–H and O–H groups in total. The van der Waals surface area contributed by atoms with Crippen LogP contribution in [0.25, 0.3) is 11.4 Å². The molecule has 1 aliphatic rings. The maximum Gasteiger partial charge on any atom is 0.253 e. The molecule has 196 valence electrons. The van der Waals surface area contributed by atoms with Crippen LogP contribution in [-0.2, 0) is 15.1 Å². The normalized spacial score (nSPS) is 13.6. The second-order valence-corrected chi connectivity index (χ2v) is 10.3. The van der Waals surface area contributed by atoms with E-state index in [0.717, 1.165) is 17.3 Å². The van der Waals surface area contributed by atoms with Crippen LogP contribution in [0.1, 0.15) is 56.1 Å². The predicted molar refractivity (Wildman–Crippen MR) is 144 cm³/mol. The van der Waals surface area contributed by atoms with Crippen molar-refractivity contribution in [1.29, 1.82) is 5.26 Å². The first-order valence-corrected chi connectivity index (χ1v) is 13.3. The highest BCUT2D eigenvalue weighted by Crippen LogP contribution is 2.26. The van der Waals surface area contributed by atoms with Gasteiger partial charge in [0.1, 0.15) is 5.69 Å². The molecule has 1 saturated heterocycles. The molecule has 1 aliphatic heterocycles. The van der Waals surface area contributed by atoms with Crippen molar-refractivity contribution in [3.63, 3.8) is 0 Å². The van der Waals surface area contributed by atoms with Crippen molar-refractivity contribution in [1.82, 2.24) is 19.9 Å². The van der Waals surface area contributed by atoms with Gasteiger partial charge in [0.15, 0.2) is 10.7 Å². The minimum atomic E-state index is -0.759. The molecule has 37 heavy (non-hydrogen) atoms. The predicted octanol–water partition coefficient (Wildman–Crippen LogP) is 4.77. The molecule has 0 bridgehead atoms. The van der Waals surface area contributed by atoms with E-state index >= 15 is 0 Å². The summed E-state index contributed by atoms with van der Waals surface area (Å²) in [5, 5.41) is 16.8. The number of ether oxygens (including phenoxy) is 1. The number of nitriles is 1. The Kier molecular flexibility index (Phi) is 9.94. The van der Waals surface area contributed by atoms with E-state index in [2.05, 4.69) is 47.4 Å². The number of hydrogen-bond donors (Lipinski definition) is 2. The molecule has 3 aromatic rings. The summed E-state index contributed by atoms with van der Waals surface area (Å²) in [5.41, 5.74) is 1.90. The number of carbonyl (C=O) groups excluding carboxylic acids is 2. The molecule has 0 atom stereocenters. The van der Waals surface area contributed by atoms with E-state index in [4.69, 9.17) is 4.74 Å². The minimum Gasteiger partial charge on any atom is -0.374 e. The Morgan fingerprint density at radius 3 is 2.62 bits per heavy atom. The van der Waals surface area contributed by atoms with E-state index in [1.54, 1.807) is 23.0 Å². The first-order valence-electron chi connectivity index (χ1n) is 12.4. The lowest BCUT2D eigenvalue weighted by Gasteiger charge is -2.36. The summed E-state index contributed by atoms with van der Waals surface area (Å²) in [4.78, 5) is 33.3. The molecule has 2 amide bonds. The van der Waals surface area contributed by atoms with Gasteiger partial charge in [0.25, 0.3) is 5.91 Å². The fraction of sp³-hybridized carbons (Fsp3) is 0.444. The maximum absolute atomic E-state index is 12.3. The lowest BCUT2D eigenvalue weighted by atomic mass is 10.00. The van der Waals surface area contributed by atoms with Crippen molar-refractivity contribution in [3.8, 4) is 17.5 Å². The van der Waals surface area contributed by atoms with Gasteiger partial charge in [0, 0.05) is 23.5 Å². The summed E-state index contributed by atoms with van der Waals surface area (Å²) < 4.78 is 6.79. The van der Waals surface area contributed by atoms with Gasteiger partial charge in [-0.15, -0.1) is 11.3 Å². The number of nitrogens with zero attached hydrogens (tertiary/aromatic N) is 4. The lowest BCUT2D eigenvalue weighted by Crippen LogP contribution is -2.50. The summed E-state index contributed by atoms with van der Waals surface area (Å²) in [6, 6.07) is 9.46. The van der Waals surface area contributed by atoms with Crippen LogP contribution in [0.2, 0.25) is 0 Å². The molecule has 1 fully saturated rings. The molecule has 0 radical (unpaired) electrons. The first-order chi connectivity index (χ1) is 17.8. The highest BCUT2D eigenvalue weighted by molar-refractivity contribution is 7.14. The zero-order valence-electron chi connectivity index (χ0n) is 21.8. The number of unbranched alkanes of at least 4 members (excludes halogenated alkanes) is 1. The molecule has 10 heteroatoms. The van der Waals surface area contributed by atoms with Crippen LogP contribution >= 0.6 is 11.3 Å². The lowest BCUT2D eigenvalue weighted by molar-refractivity contribution is -0.115. The average molecular weight is 523 g/mol.